The van der Waals surface area contributed by atoms with Gasteiger partial charge in [-0.05, 0) is 24.3 Å². The van der Waals surface area contributed by atoms with Crippen molar-refractivity contribution in [1.82, 2.24) is 24.5 Å². The van der Waals surface area contributed by atoms with E-state index in [2.05, 4.69) is 11.5 Å². The highest BCUT2D eigenvalue weighted by Gasteiger charge is 2.42. The zero-order valence-corrected chi connectivity index (χ0v) is 24.3. The molecule has 6 nitrogen and oxygen atoms in total. The fraction of sp³-hybridized carbons (Fsp3) is 0.0556. The highest BCUT2D eigenvalue weighted by Crippen LogP contribution is 2.51. The first-order chi connectivity index (χ1) is 21.2. The highest BCUT2D eigenvalue weighted by molar-refractivity contribution is 7.86. The number of imidazole rings is 1. The molecule has 0 fully saturated rings. The van der Waals surface area contributed by atoms with Crippen LogP contribution in [0.15, 0.2) is 127 Å². The average molecular weight is 576 g/mol. The van der Waals surface area contributed by atoms with Crippen LogP contribution in [0.5, 0.6) is 0 Å². The van der Waals surface area contributed by atoms with Gasteiger partial charge in [0.2, 0.25) is 0 Å². The largest absolute Gasteiger partial charge is 0.308 e. The maximum absolute atomic E-state index is 16.0. The van der Waals surface area contributed by atoms with Crippen LogP contribution >= 0.6 is 7.14 Å². The molecule has 0 bridgehead atoms. The lowest BCUT2D eigenvalue weighted by atomic mass is 10.1. The number of hydrogen-bond donors (Lipinski definition) is 0. The summed E-state index contributed by atoms with van der Waals surface area (Å²) in [5.74, 6) is 2.52. The Morgan fingerprint density at radius 2 is 1.16 bits per heavy atom. The molecule has 0 saturated heterocycles. The van der Waals surface area contributed by atoms with E-state index in [-0.39, 0.29) is 0 Å². The first-order valence-corrected chi connectivity index (χ1v) is 16.1. The molecule has 0 saturated carbocycles. The van der Waals surface area contributed by atoms with Crippen molar-refractivity contribution in [3.63, 3.8) is 0 Å². The number of benzene rings is 5. The predicted molar refractivity (Wildman–Crippen MR) is 173 cm³/mol. The van der Waals surface area contributed by atoms with Crippen LogP contribution in [0.3, 0.4) is 0 Å². The second-order valence-electron chi connectivity index (χ2n) is 10.5. The van der Waals surface area contributed by atoms with Gasteiger partial charge in [-0.2, -0.15) is 0 Å². The number of aryl methyl sites for hydroxylation is 1. The van der Waals surface area contributed by atoms with Crippen LogP contribution < -0.4 is 15.9 Å². The van der Waals surface area contributed by atoms with Crippen molar-refractivity contribution in [3.8, 4) is 39.9 Å². The molecular weight excluding hydrogens is 549 g/mol. The quantitative estimate of drug-likeness (QED) is 0.213. The van der Waals surface area contributed by atoms with Gasteiger partial charge >= 0.3 is 0 Å². The van der Waals surface area contributed by atoms with Crippen LogP contribution in [0.4, 0.5) is 0 Å². The van der Waals surface area contributed by atoms with Crippen molar-refractivity contribution in [2.75, 3.05) is 0 Å². The maximum Gasteiger partial charge on any atom is 0.175 e. The number of para-hydroxylation sites is 1. The Labute approximate surface area is 249 Å². The van der Waals surface area contributed by atoms with Gasteiger partial charge < -0.3 is 4.57 Å². The molecule has 2 aromatic heterocycles. The van der Waals surface area contributed by atoms with Gasteiger partial charge in [-0.3, -0.25) is 4.57 Å². The number of aromatic nitrogens is 5. The van der Waals surface area contributed by atoms with Crippen molar-refractivity contribution < 1.29 is 4.57 Å². The second kappa shape index (κ2) is 9.97. The summed E-state index contributed by atoms with van der Waals surface area (Å²) in [4.78, 5) is 20.0. The summed E-state index contributed by atoms with van der Waals surface area (Å²) in [5, 5.41) is 2.27. The molecule has 0 spiro atoms. The van der Waals surface area contributed by atoms with Crippen LogP contribution in [0.25, 0.3) is 50.9 Å². The maximum atomic E-state index is 16.0. The molecular formula is C36H26N5OP. The van der Waals surface area contributed by atoms with Gasteiger partial charge in [0.1, 0.15) is 5.82 Å². The van der Waals surface area contributed by atoms with E-state index in [1.54, 1.807) is 0 Å². The Morgan fingerprint density at radius 1 is 0.605 bits per heavy atom. The average Bonchev–Trinajstić information content (AvgIpc) is 3.47. The van der Waals surface area contributed by atoms with Gasteiger partial charge in [0.25, 0.3) is 0 Å². The Morgan fingerprint density at radius 3 is 1.79 bits per heavy atom. The molecule has 8 rings (SSSR count). The molecule has 1 atom stereocenters. The molecule has 0 radical (unpaired) electrons. The molecule has 1 aliphatic rings. The minimum Gasteiger partial charge on any atom is -0.308 e. The third-order valence-electron chi connectivity index (χ3n) is 8.01. The van der Waals surface area contributed by atoms with E-state index < -0.39 is 7.14 Å². The summed E-state index contributed by atoms with van der Waals surface area (Å²) < 4.78 is 18.1. The van der Waals surface area contributed by atoms with E-state index in [1.807, 2.05) is 127 Å². The van der Waals surface area contributed by atoms with Gasteiger partial charge in [-0.25, -0.2) is 19.9 Å². The van der Waals surface area contributed by atoms with Gasteiger partial charge in [-0.1, -0.05) is 110 Å². The molecule has 1 aliphatic heterocycles. The molecule has 1 unspecified atom stereocenters. The Bertz CT molecular complexity index is 2140. The van der Waals surface area contributed by atoms with Crippen molar-refractivity contribution in [1.29, 1.82) is 0 Å². The smallest absolute Gasteiger partial charge is 0.175 e. The third kappa shape index (κ3) is 3.91. The lowest BCUT2D eigenvalue weighted by molar-refractivity contribution is 0.592. The van der Waals surface area contributed by atoms with E-state index in [0.717, 1.165) is 56.3 Å². The number of nitrogens with zero attached hydrogens (tertiary/aromatic N) is 5. The van der Waals surface area contributed by atoms with Crippen LogP contribution in [0.1, 0.15) is 12.7 Å². The first kappa shape index (κ1) is 25.5. The Kier molecular flexibility index (Phi) is 5.92. The predicted octanol–water partition coefficient (Wildman–Crippen LogP) is 6.73. The summed E-state index contributed by atoms with van der Waals surface area (Å²) in [6.45, 7) is 2.10. The lowest BCUT2D eigenvalue weighted by Gasteiger charge is -2.30. The third-order valence-corrected chi connectivity index (χ3v) is 11.2. The number of rotatable bonds is 5. The minimum absolute atomic E-state index is 0.478. The SMILES string of the molecule is CCc1nc2ccc(-c3nc(-c4ccccc4)nc(-c4ccccc4)n3)c3c2n1-c1ccccc1P3(=O)c1ccccc1. The van der Waals surface area contributed by atoms with Crippen molar-refractivity contribution >= 4 is 34.1 Å². The standard InChI is InChI=1S/C36H26N5OP/c1-2-31-37-28-23-22-27(36-39-34(24-14-6-3-7-15-24)38-35(40-36)25-16-8-4-9-17-25)33-32(28)41(31)29-20-12-13-21-30(29)43(33,42)26-18-10-5-11-19-26/h3-23H,2H2,1H3. The Balaban J connectivity index is 1.51. The van der Waals surface area contributed by atoms with Gasteiger partial charge in [0.05, 0.1) is 22.0 Å². The summed E-state index contributed by atoms with van der Waals surface area (Å²) >= 11 is 0. The topological polar surface area (TPSA) is 73.6 Å². The van der Waals surface area contributed by atoms with Crippen LogP contribution in [0.2, 0.25) is 0 Å². The molecule has 206 valence electrons. The highest BCUT2D eigenvalue weighted by atomic mass is 31.2. The van der Waals surface area contributed by atoms with Crippen LogP contribution in [0, 0.1) is 0 Å². The van der Waals surface area contributed by atoms with Crippen molar-refractivity contribution in [2.45, 2.75) is 13.3 Å². The molecule has 7 heteroatoms. The summed E-state index contributed by atoms with van der Waals surface area (Å²) in [6, 6.07) is 41.6. The fourth-order valence-electron chi connectivity index (χ4n) is 6.07. The van der Waals surface area contributed by atoms with Gasteiger partial charge in [-0.15, -0.1) is 0 Å². The normalized spacial score (nSPS) is 15.4. The van der Waals surface area contributed by atoms with Crippen molar-refractivity contribution in [3.05, 3.63) is 133 Å². The van der Waals surface area contributed by atoms with Crippen LogP contribution in [-0.2, 0) is 11.0 Å². The van der Waals surface area contributed by atoms with Gasteiger partial charge in [0, 0.05) is 33.7 Å². The van der Waals surface area contributed by atoms with E-state index in [0.29, 0.717) is 22.8 Å². The van der Waals surface area contributed by atoms with E-state index in [1.165, 1.54) is 0 Å². The Hall–Kier alpha value is -5.19. The van der Waals surface area contributed by atoms with Crippen molar-refractivity contribution in [2.24, 2.45) is 0 Å². The summed E-state index contributed by atoms with van der Waals surface area (Å²) in [6.07, 6.45) is 0.732. The fourth-order valence-corrected chi connectivity index (χ4v) is 9.26. The summed E-state index contributed by atoms with van der Waals surface area (Å²) in [7, 11) is -3.40. The molecule has 0 aliphatic carbocycles. The van der Waals surface area contributed by atoms with Gasteiger partial charge in [0.15, 0.2) is 24.6 Å². The number of fused-ring (bicyclic) bond motifs is 2. The van der Waals surface area contributed by atoms with E-state index in [9.17, 15) is 0 Å². The van der Waals surface area contributed by atoms with E-state index in [4.69, 9.17) is 19.9 Å². The van der Waals surface area contributed by atoms with E-state index >= 15 is 4.57 Å². The zero-order chi connectivity index (χ0) is 29.0. The first-order valence-electron chi connectivity index (χ1n) is 14.3. The minimum atomic E-state index is -3.40. The lowest BCUT2D eigenvalue weighted by Crippen LogP contribution is -2.34. The summed E-state index contributed by atoms with van der Waals surface area (Å²) in [5.41, 5.74) is 5.05. The van der Waals surface area contributed by atoms with Crippen LogP contribution in [-0.4, -0.2) is 24.5 Å². The molecule has 43 heavy (non-hydrogen) atoms. The number of hydrogen-bond acceptors (Lipinski definition) is 5. The molecule has 5 aromatic carbocycles. The monoisotopic (exact) mass is 575 g/mol. The second-order valence-corrected chi connectivity index (χ2v) is 13.2. The molecule has 7 aromatic rings. The molecule has 0 N–H and O–H groups in total. The zero-order valence-electron chi connectivity index (χ0n) is 23.4. The molecule has 0 amide bonds. The molecule has 3 heterocycles.